The van der Waals surface area contributed by atoms with Gasteiger partial charge in [-0.25, -0.2) is 0 Å². The summed E-state index contributed by atoms with van der Waals surface area (Å²) in [4.78, 5) is 13.2. The molecule has 1 fully saturated rings. The molecule has 3 nitrogen and oxygen atoms in total. The number of primary amides is 1. The fourth-order valence-electron chi connectivity index (χ4n) is 1.61. The van der Waals surface area contributed by atoms with Crippen LogP contribution in [-0.4, -0.2) is 34.9 Å². The Morgan fingerprint density at radius 3 is 3.00 bits per heavy atom. The Balaban J connectivity index is 2.35. The van der Waals surface area contributed by atoms with Gasteiger partial charge in [0.1, 0.15) is 0 Å². The minimum atomic E-state index is -0.131. The van der Waals surface area contributed by atoms with E-state index in [2.05, 4.69) is 27.5 Å². The maximum atomic E-state index is 10.9. The van der Waals surface area contributed by atoms with Crippen LogP contribution in [0.1, 0.15) is 12.8 Å². The molecule has 4 heteroatoms. The lowest BCUT2D eigenvalue weighted by molar-refractivity contribution is -0.123. The number of rotatable bonds is 3. The molecule has 1 aliphatic rings. The monoisotopic (exact) mass is 282 g/mol. The molecule has 1 amide bonds. The highest BCUT2D eigenvalue weighted by atomic mass is 127. The summed E-state index contributed by atoms with van der Waals surface area (Å²) in [5.41, 5.74) is 5.26. The number of likely N-dealkylation sites (tertiary alicyclic amines) is 1. The largest absolute Gasteiger partial charge is 0.369 e. The van der Waals surface area contributed by atoms with Crippen molar-refractivity contribution < 1.29 is 4.79 Å². The molecule has 2 N–H and O–H groups in total. The van der Waals surface area contributed by atoms with E-state index >= 15 is 0 Å². The van der Waals surface area contributed by atoms with E-state index in [0.29, 0.717) is 0 Å². The Labute approximate surface area is 86.8 Å². The Morgan fingerprint density at radius 1 is 1.67 bits per heavy atom. The highest BCUT2D eigenvalue weighted by molar-refractivity contribution is 14.1. The highest BCUT2D eigenvalue weighted by Gasteiger charge is 2.22. The van der Waals surface area contributed by atoms with Crippen LogP contribution in [-0.2, 0) is 4.79 Å². The molecule has 12 heavy (non-hydrogen) atoms. The van der Waals surface area contributed by atoms with Gasteiger partial charge in [0.2, 0.25) is 5.91 Å². The van der Waals surface area contributed by atoms with Crippen molar-refractivity contribution in [3.63, 3.8) is 0 Å². The van der Waals surface area contributed by atoms with Crippen LogP contribution < -0.4 is 5.73 Å². The van der Waals surface area contributed by atoms with Crippen molar-refractivity contribution in [2.24, 2.45) is 11.7 Å². The van der Waals surface area contributed by atoms with Gasteiger partial charge >= 0.3 is 0 Å². The van der Waals surface area contributed by atoms with Crippen LogP contribution in [0.5, 0.6) is 0 Å². The van der Waals surface area contributed by atoms with E-state index in [1.54, 1.807) is 0 Å². The summed E-state index contributed by atoms with van der Waals surface area (Å²) in [7, 11) is 0. The Hall–Kier alpha value is 0.160. The fraction of sp³-hybridized carbons (Fsp3) is 0.875. The highest BCUT2D eigenvalue weighted by Crippen LogP contribution is 2.15. The van der Waals surface area contributed by atoms with Crippen LogP contribution in [0.4, 0.5) is 0 Å². The maximum Gasteiger partial charge on any atom is 0.221 e. The van der Waals surface area contributed by atoms with E-state index in [4.69, 9.17) is 5.73 Å². The van der Waals surface area contributed by atoms with Gasteiger partial charge < -0.3 is 10.6 Å². The van der Waals surface area contributed by atoms with Gasteiger partial charge in [0.15, 0.2) is 0 Å². The third kappa shape index (κ3) is 2.90. The first kappa shape index (κ1) is 10.2. The molecule has 1 rings (SSSR count). The van der Waals surface area contributed by atoms with Crippen molar-refractivity contribution in [1.82, 2.24) is 4.90 Å². The van der Waals surface area contributed by atoms with E-state index in [1.165, 1.54) is 0 Å². The van der Waals surface area contributed by atoms with Crippen molar-refractivity contribution in [1.29, 1.82) is 0 Å². The molecule has 0 radical (unpaired) electrons. The molecular formula is C8H15IN2O. The minimum Gasteiger partial charge on any atom is -0.369 e. The summed E-state index contributed by atoms with van der Waals surface area (Å²) in [6.45, 7) is 3.09. The summed E-state index contributed by atoms with van der Waals surface area (Å²) in [5, 5.41) is 0. The number of halogens is 1. The van der Waals surface area contributed by atoms with Crippen molar-refractivity contribution in [3.05, 3.63) is 0 Å². The number of alkyl halides is 1. The second kappa shape index (κ2) is 5.01. The standard InChI is InChI=1S/C8H15IN2O/c9-3-5-11-4-1-2-7(6-11)8(10)12/h7H,1-6H2,(H2,10,12). The van der Waals surface area contributed by atoms with Crippen molar-refractivity contribution in [3.8, 4) is 0 Å². The van der Waals surface area contributed by atoms with Gasteiger partial charge in [-0.15, -0.1) is 0 Å². The average molecular weight is 282 g/mol. The molecule has 1 saturated heterocycles. The van der Waals surface area contributed by atoms with Gasteiger partial charge in [-0.05, 0) is 19.4 Å². The van der Waals surface area contributed by atoms with Crippen molar-refractivity contribution in [2.75, 3.05) is 24.1 Å². The molecule has 0 aromatic carbocycles. The molecule has 0 bridgehead atoms. The molecule has 0 spiro atoms. The lowest BCUT2D eigenvalue weighted by Gasteiger charge is -2.30. The average Bonchev–Trinajstić information content (AvgIpc) is 2.05. The lowest BCUT2D eigenvalue weighted by atomic mass is 9.98. The molecule has 1 unspecified atom stereocenters. The second-order valence-electron chi connectivity index (χ2n) is 3.23. The molecule has 0 saturated carbocycles. The zero-order valence-corrected chi connectivity index (χ0v) is 9.29. The zero-order chi connectivity index (χ0) is 8.97. The van der Waals surface area contributed by atoms with Crippen molar-refractivity contribution >= 4 is 28.5 Å². The van der Waals surface area contributed by atoms with Crippen molar-refractivity contribution in [2.45, 2.75) is 12.8 Å². The van der Waals surface area contributed by atoms with E-state index < -0.39 is 0 Å². The van der Waals surface area contributed by atoms with Gasteiger partial charge in [-0.2, -0.15) is 0 Å². The van der Waals surface area contributed by atoms with E-state index in [0.717, 1.165) is 36.9 Å². The van der Waals surface area contributed by atoms with Gasteiger partial charge in [-0.3, -0.25) is 4.79 Å². The number of hydrogen-bond donors (Lipinski definition) is 1. The van der Waals surface area contributed by atoms with Gasteiger partial charge in [-0.1, -0.05) is 22.6 Å². The predicted octanol–water partition coefficient (Wildman–Crippen LogP) is 0.619. The predicted molar refractivity (Wildman–Crippen MR) is 57.2 cm³/mol. The molecule has 1 atom stereocenters. The van der Waals surface area contributed by atoms with Gasteiger partial charge in [0, 0.05) is 17.5 Å². The first-order valence-electron chi connectivity index (χ1n) is 4.31. The number of amides is 1. The van der Waals surface area contributed by atoms with Crippen LogP contribution in [0.3, 0.4) is 0 Å². The Kier molecular flexibility index (Phi) is 4.28. The zero-order valence-electron chi connectivity index (χ0n) is 7.13. The second-order valence-corrected chi connectivity index (χ2v) is 4.31. The molecule has 0 aromatic rings. The first-order valence-corrected chi connectivity index (χ1v) is 5.84. The lowest BCUT2D eigenvalue weighted by Crippen LogP contribution is -2.41. The van der Waals surface area contributed by atoms with Crippen LogP contribution >= 0.6 is 22.6 Å². The topological polar surface area (TPSA) is 46.3 Å². The Bertz CT molecular complexity index is 161. The summed E-state index contributed by atoms with van der Waals surface area (Å²) in [6, 6.07) is 0. The quantitative estimate of drug-likeness (QED) is 0.609. The van der Waals surface area contributed by atoms with Crippen LogP contribution in [0, 0.1) is 5.92 Å². The smallest absolute Gasteiger partial charge is 0.221 e. The van der Waals surface area contributed by atoms with E-state index in [9.17, 15) is 4.79 Å². The fourth-order valence-corrected chi connectivity index (χ4v) is 2.29. The number of nitrogens with zero attached hydrogens (tertiary/aromatic N) is 1. The van der Waals surface area contributed by atoms with E-state index in [1.807, 2.05) is 0 Å². The SMILES string of the molecule is NC(=O)C1CCCN(CCI)C1. The van der Waals surface area contributed by atoms with Crippen LogP contribution in [0.2, 0.25) is 0 Å². The third-order valence-corrected chi connectivity index (χ3v) is 2.79. The van der Waals surface area contributed by atoms with Crippen LogP contribution in [0.25, 0.3) is 0 Å². The molecule has 70 valence electrons. The number of hydrogen-bond acceptors (Lipinski definition) is 2. The number of carbonyl (C=O) groups is 1. The van der Waals surface area contributed by atoms with Gasteiger partial charge in [0.25, 0.3) is 0 Å². The molecule has 0 aliphatic carbocycles. The normalized spacial score (nSPS) is 25.6. The number of piperidine rings is 1. The summed E-state index contributed by atoms with van der Waals surface area (Å²) in [5.74, 6) is -0.0325. The Morgan fingerprint density at radius 2 is 2.42 bits per heavy atom. The third-order valence-electron chi connectivity index (χ3n) is 2.31. The summed E-state index contributed by atoms with van der Waals surface area (Å²) < 4.78 is 1.13. The summed E-state index contributed by atoms with van der Waals surface area (Å²) >= 11 is 2.36. The number of carbonyl (C=O) groups excluding carboxylic acids is 1. The maximum absolute atomic E-state index is 10.9. The molecule has 0 aromatic heterocycles. The molecular weight excluding hydrogens is 267 g/mol. The van der Waals surface area contributed by atoms with Gasteiger partial charge in [0.05, 0.1) is 5.92 Å². The first-order chi connectivity index (χ1) is 5.74. The summed E-state index contributed by atoms with van der Waals surface area (Å²) in [6.07, 6.45) is 2.09. The molecule has 1 heterocycles. The number of nitrogens with two attached hydrogens (primary N) is 1. The van der Waals surface area contributed by atoms with Crippen LogP contribution in [0.15, 0.2) is 0 Å². The minimum absolute atomic E-state index is 0.0988. The molecule has 1 aliphatic heterocycles. The van der Waals surface area contributed by atoms with E-state index in [-0.39, 0.29) is 11.8 Å².